The first-order chi connectivity index (χ1) is 17.0. The molecule has 0 heterocycles. The summed E-state index contributed by atoms with van der Waals surface area (Å²) < 4.78 is 0. The van der Waals surface area contributed by atoms with Crippen molar-refractivity contribution in [2.45, 2.75) is 70.1 Å². The third-order valence-corrected chi connectivity index (χ3v) is 5.45. The zero-order valence-electron chi connectivity index (χ0n) is 20.8. The number of phenolic OH excluding ortho intramolecular Hbond substituents is 1. The number of carbonyl (C=O) groups excluding carboxylic acids is 3. The van der Waals surface area contributed by atoms with Crippen molar-refractivity contribution in [2.24, 2.45) is 17.4 Å². The van der Waals surface area contributed by atoms with Crippen molar-refractivity contribution in [2.75, 3.05) is 13.2 Å². The Hall–Kier alpha value is -3.22. The Kier molecular flexibility index (Phi) is 13.4. The molecule has 0 radical (unpaired) electrons. The number of unbranched alkanes of at least 4 members (excludes halogenated alkanes) is 1. The van der Waals surface area contributed by atoms with Crippen molar-refractivity contribution in [3.8, 4) is 5.75 Å². The number of carboxylic acid groups (broad SMARTS) is 1. The fourth-order valence-corrected chi connectivity index (χ4v) is 3.43. The quantitative estimate of drug-likeness (QED) is 0.128. The van der Waals surface area contributed by atoms with E-state index in [1.807, 2.05) is 13.8 Å². The Morgan fingerprint density at radius 2 is 1.44 bits per heavy atom. The maximum absolute atomic E-state index is 13.0. The lowest BCUT2D eigenvalue weighted by Crippen LogP contribution is -2.58. The molecule has 3 amide bonds. The lowest BCUT2D eigenvalue weighted by Gasteiger charge is -2.25. The Morgan fingerprint density at radius 1 is 0.889 bits per heavy atom. The van der Waals surface area contributed by atoms with Gasteiger partial charge in [-0.2, -0.15) is 0 Å². The van der Waals surface area contributed by atoms with Gasteiger partial charge in [0, 0.05) is 6.42 Å². The molecule has 202 valence electrons. The van der Waals surface area contributed by atoms with Crippen molar-refractivity contribution in [1.82, 2.24) is 16.0 Å². The molecule has 0 saturated heterocycles. The van der Waals surface area contributed by atoms with Gasteiger partial charge in [0.1, 0.15) is 23.9 Å². The van der Waals surface area contributed by atoms with Gasteiger partial charge in [0.15, 0.2) is 0 Å². The molecule has 0 bridgehead atoms. The van der Waals surface area contributed by atoms with E-state index in [0.29, 0.717) is 31.4 Å². The van der Waals surface area contributed by atoms with Crippen LogP contribution in [0.15, 0.2) is 24.3 Å². The first-order valence-corrected chi connectivity index (χ1v) is 12.0. The van der Waals surface area contributed by atoms with E-state index in [1.165, 1.54) is 12.1 Å². The number of hydrogen-bond donors (Lipinski definition) is 8. The molecule has 36 heavy (non-hydrogen) atoms. The highest BCUT2D eigenvalue weighted by Crippen LogP contribution is 2.12. The van der Waals surface area contributed by atoms with E-state index >= 15 is 0 Å². The van der Waals surface area contributed by atoms with E-state index in [4.69, 9.17) is 11.5 Å². The molecule has 0 saturated carbocycles. The second-order valence-electron chi connectivity index (χ2n) is 9.10. The predicted octanol–water partition coefficient (Wildman–Crippen LogP) is -1.03. The smallest absolute Gasteiger partial charge is 0.326 e. The molecule has 12 heteroatoms. The van der Waals surface area contributed by atoms with Gasteiger partial charge in [0.25, 0.3) is 0 Å². The van der Waals surface area contributed by atoms with E-state index in [1.54, 1.807) is 12.1 Å². The average molecular weight is 510 g/mol. The summed E-state index contributed by atoms with van der Waals surface area (Å²) >= 11 is 0. The van der Waals surface area contributed by atoms with Crippen LogP contribution in [0.1, 0.15) is 45.1 Å². The molecule has 1 aromatic carbocycles. The lowest BCUT2D eigenvalue weighted by molar-refractivity contribution is -0.142. The third-order valence-electron chi connectivity index (χ3n) is 5.45. The second-order valence-corrected chi connectivity index (χ2v) is 9.10. The van der Waals surface area contributed by atoms with Gasteiger partial charge in [-0.05, 0) is 49.4 Å². The zero-order chi connectivity index (χ0) is 27.3. The highest BCUT2D eigenvalue weighted by atomic mass is 16.4. The number of amides is 3. The van der Waals surface area contributed by atoms with Crippen LogP contribution >= 0.6 is 0 Å². The monoisotopic (exact) mass is 509 g/mol. The number of benzene rings is 1. The maximum Gasteiger partial charge on any atom is 0.326 e. The predicted molar refractivity (Wildman–Crippen MR) is 133 cm³/mol. The summed E-state index contributed by atoms with van der Waals surface area (Å²) in [6, 6.07) is 1.28. The second kappa shape index (κ2) is 15.7. The summed E-state index contributed by atoms with van der Waals surface area (Å²) in [5.74, 6) is -3.42. The third kappa shape index (κ3) is 11.0. The highest BCUT2D eigenvalue weighted by molar-refractivity contribution is 5.94. The van der Waals surface area contributed by atoms with Crippen LogP contribution in [0, 0.1) is 5.92 Å². The molecule has 0 fully saturated rings. The van der Waals surface area contributed by atoms with Gasteiger partial charge in [-0.1, -0.05) is 32.4 Å². The number of aliphatic hydroxyl groups is 1. The van der Waals surface area contributed by atoms with Gasteiger partial charge < -0.3 is 42.7 Å². The molecular formula is C24H39N5O7. The molecule has 0 aliphatic carbocycles. The van der Waals surface area contributed by atoms with Crippen molar-refractivity contribution in [3.63, 3.8) is 0 Å². The van der Waals surface area contributed by atoms with E-state index in [2.05, 4.69) is 16.0 Å². The summed E-state index contributed by atoms with van der Waals surface area (Å²) in [5.41, 5.74) is 11.8. The number of aliphatic carboxylic acids is 1. The van der Waals surface area contributed by atoms with Crippen LogP contribution in [0.4, 0.5) is 0 Å². The minimum absolute atomic E-state index is 0.0245. The van der Waals surface area contributed by atoms with Gasteiger partial charge in [0.2, 0.25) is 17.7 Å². The minimum atomic E-state index is -1.34. The lowest BCUT2D eigenvalue weighted by atomic mass is 10.0. The van der Waals surface area contributed by atoms with Crippen LogP contribution in [0.3, 0.4) is 0 Å². The molecule has 0 aliphatic rings. The molecule has 1 aromatic rings. The topological polar surface area (TPSA) is 217 Å². The molecule has 4 atom stereocenters. The number of nitrogens with one attached hydrogen (secondary N) is 3. The number of nitrogens with two attached hydrogens (primary N) is 2. The Balaban J connectivity index is 2.86. The summed E-state index contributed by atoms with van der Waals surface area (Å²) in [6.07, 6.45) is 1.83. The fourth-order valence-electron chi connectivity index (χ4n) is 3.43. The summed E-state index contributed by atoms with van der Waals surface area (Å²) in [6.45, 7) is 3.39. The average Bonchev–Trinajstić information content (AvgIpc) is 2.82. The number of carbonyl (C=O) groups is 4. The number of aromatic hydroxyl groups is 1. The van der Waals surface area contributed by atoms with E-state index in [-0.39, 0.29) is 24.5 Å². The molecule has 1 rings (SSSR count). The molecule has 12 nitrogen and oxygen atoms in total. The SMILES string of the molecule is CC(C)CC(NC(=O)C(CO)NC(=O)C(N)CCCCN)C(=O)NC(Cc1ccc(O)cc1)C(=O)O. The first kappa shape index (κ1) is 30.8. The van der Waals surface area contributed by atoms with Gasteiger partial charge >= 0.3 is 5.97 Å². The minimum Gasteiger partial charge on any atom is -0.508 e. The van der Waals surface area contributed by atoms with E-state index in [0.717, 1.165) is 0 Å². The molecule has 4 unspecified atom stereocenters. The summed E-state index contributed by atoms with van der Waals surface area (Å²) in [7, 11) is 0. The van der Waals surface area contributed by atoms with E-state index in [9.17, 15) is 34.5 Å². The molecule has 0 aromatic heterocycles. The van der Waals surface area contributed by atoms with Gasteiger partial charge in [0.05, 0.1) is 12.6 Å². The van der Waals surface area contributed by atoms with Crippen molar-refractivity contribution >= 4 is 23.7 Å². The van der Waals surface area contributed by atoms with Crippen molar-refractivity contribution in [3.05, 3.63) is 29.8 Å². The Morgan fingerprint density at radius 3 is 1.97 bits per heavy atom. The Labute approximate surface area is 210 Å². The van der Waals surface area contributed by atoms with Crippen LogP contribution in [0.2, 0.25) is 0 Å². The van der Waals surface area contributed by atoms with Crippen LogP contribution in [0.25, 0.3) is 0 Å². The normalized spacial score (nSPS) is 14.4. The van der Waals surface area contributed by atoms with Crippen LogP contribution in [-0.4, -0.2) is 76.3 Å². The zero-order valence-corrected chi connectivity index (χ0v) is 20.8. The van der Waals surface area contributed by atoms with Gasteiger partial charge in [-0.3, -0.25) is 14.4 Å². The van der Waals surface area contributed by atoms with Crippen LogP contribution in [-0.2, 0) is 25.6 Å². The number of phenols is 1. The largest absolute Gasteiger partial charge is 0.508 e. The fraction of sp³-hybridized carbons (Fsp3) is 0.583. The number of aliphatic hydroxyl groups excluding tert-OH is 1. The van der Waals surface area contributed by atoms with Gasteiger partial charge in [-0.25, -0.2) is 4.79 Å². The Bertz CT molecular complexity index is 863. The first-order valence-electron chi connectivity index (χ1n) is 12.0. The van der Waals surface area contributed by atoms with Crippen molar-refractivity contribution in [1.29, 1.82) is 0 Å². The molecule has 0 aliphatic heterocycles. The van der Waals surface area contributed by atoms with E-state index < -0.39 is 54.5 Å². The summed E-state index contributed by atoms with van der Waals surface area (Å²) in [5, 5.41) is 36.0. The molecule has 0 spiro atoms. The highest BCUT2D eigenvalue weighted by Gasteiger charge is 2.30. The summed E-state index contributed by atoms with van der Waals surface area (Å²) in [4.78, 5) is 49.8. The standard InChI is InChI=1S/C24H39N5O7/c1-14(2)11-18(22(33)28-19(24(35)36)12-15-6-8-16(31)9-7-15)27-23(34)20(13-30)29-21(32)17(26)5-3-4-10-25/h6-9,14,17-20,30-31H,3-5,10-13,25-26H2,1-2H3,(H,27,34)(H,28,33)(H,29,32)(H,35,36). The van der Waals surface area contributed by atoms with Crippen molar-refractivity contribution < 1.29 is 34.5 Å². The molecular weight excluding hydrogens is 470 g/mol. The van der Waals surface area contributed by atoms with Crippen LogP contribution in [0.5, 0.6) is 5.75 Å². The molecule has 10 N–H and O–H groups in total. The maximum atomic E-state index is 13.0. The number of hydrogen-bond acceptors (Lipinski definition) is 8. The van der Waals surface area contributed by atoms with Gasteiger partial charge in [-0.15, -0.1) is 0 Å². The van der Waals surface area contributed by atoms with Crippen LogP contribution < -0.4 is 27.4 Å². The number of rotatable bonds is 16. The number of carboxylic acids is 1.